The molecule has 1 aliphatic carbocycles. The average Bonchev–Trinajstić information content (AvgIpc) is 2.74. The van der Waals surface area contributed by atoms with Gasteiger partial charge in [-0.15, -0.1) is 0 Å². The molecular weight excluding hydrogens is 396 g/mol. The first-order valence-electron chi connectivity index (χ1n) is 10.0. The number of carbonyl (C=O) groups is 2. The van der Waals surface area contributed by atoms with E-state index < -0.39 is 16.0 Å². The SMILES string of the molecule is C[C@@H]1CCCC[C@H]1NC(=O)COC(=O)c1ccc(S(=O)(=O)N2CCOCC2)cc1. The number of carbonyl (C=O) groups excluding carboxylic acids is 2. The molecule has 1 saturated carbocycles. The van der Waals surface area contributed by atoms with Gasteiger partial charge in [0, 0.05) is 19.1 Å². The smallest absolute Gasteiger partial charge is 0.338 e. The van der Waals surface area contributed by atoms with Crippen molar-refractivity contribution < 1.29 is 27.5 Å². The number of sulfonamides is 1. The zero-order chi connectivity index (χ0) is 20.9. The number of nitrogens with zero attached hydrogens (tertiary/aromatic N) is 1. The molecule has 1 aromatic carbocycles. The first kappa shape index (κ1) is 21.7. The summed E-state index contributed by atoms with van der Waals surface area (Å²) >= 11 is 0. The Hall–Kier alpha value is -1.97. The first-order chi connectivity index (χ1) is 13.9. The highest BCUT2D eigenvalue weighted by Crippen LogP contribution is 2.23. The Morgan fingerprint density at radius 2 is 1.79 bits per heavy atom. The number of nitrogens with one attached hydrogen (secondary N) is 1. The number of benzene rings is 1. The molecule has 1 N–H and O–H groups in total. The van der Waals surface area contributed by atoms with Crippen molar-refractivity contribution in [3.8, 4) is 0 Å². The lowest BCUT2D eigenvalue weighted by atomic mass is 9.86. The molecule has 8 nitrogen and oxygen atoms in total. The number of rotatable bonds is 6. The van der Waals surface area contributed by atoms with E-state index in [2.05, 4.69) is 12.2 Å². The Balaban J connectivity index is 1.52. The third-order valence-corrected chi connectivity index (χ3v) is 7.40. The second kappa shape index (κ2) is 9.69. The number of esters is 1. The molecule has 29 heavy (non-hydrogen) atoms. The normalized spacial score (nSPS) is 23.3. The van der Waals surface area contributed by atoms with Crippen LogP contribution >= 0.6 is 0 Å². The monoisotopic (exact) mass is 424 g/mol. The van der Waals surface area contributed by atoms with Gasteiger partial charge in [-0.1, -0.05) is 19.8 Å². The fourth-order valence-electron chi connectivity index (χ4n) is 3.69. The molecule has 0 unspecified atom stereocenters. The molecule has 2 fully saturated rings. The maximum absolute atomic E-state index is 12.6. The van der Waals surface area contributed by atoms with Crippen LogP contribution in [0.15, 0.2) is 29.2 Å². The maximum Gasteiger partial charge on any atom is 0.338 e. The third-order valence-electron chi connectivity index (χ3n) is 5.49. The van der Waals surface area contributed by atoms with Crippen molar-refractivity contribution in [2.75, 3.05) is 32.9 Å². The van der Waals surface area contributed by atoms with Gasteiger partial charge in [0.15, 0.2) is 6.61 Å². The summed E-state index contributed by atoms with van der Waals surface area (Å²) in [6, 6.07) is 5.68. The van der Waals surface area contributed by atoms with Crippen LogP contribution in [0.1, 0.15) is 43.0 Å². The summed E-state index contributed by atoms with van der Waals surface area (Å²) in [4.78, 5) is 24.4. The van der Waals surface area contributed by atoms with Crippen molar-refractivity contribution in [3.63, 3.8) is 0 Å². The zero-order valence-electron chi connectivity index (χ0n) is 16.6. The fourth-order valence-corrected chi connectivity index (χ4v) is 5.10. The number of ether oxygens (including phenoxy) is 2. The van der Waals surface area contributed by atoms with E-state index in [-0.39, 0.29) is 29.0 Å². The van der Waals surface area contributed by atoms with E-state index in [9.17, 15) is 18.0 Å². The van der Waals surface area contributed by atoms with Gasteiger partial charge >= 0.3 is 5.97 Å². The van der Waals surface area contributed by atoms with E-state index in [1.807, 2.05) is 0 Å². The van der Waals surface area contributed by atoms with Crippen LogP contribution in [0.25, 0.3) is 0 Å². The summed E-state index contributed by atoms with van der Waals surface area (Å²) in [5.74, 6) is -0.555. The second-order valence-electron chi connectivity index (χ2n) is 7.55. The van der Waals surface area contributed by atoms with Gasteiger partial charge < -0.3 is 14.8 Å². The van der Waals surface area contributed by atoms with Gasteiger partial charge in [-0.2, -0.15) is 4.31 Å². The molecule has 2 atom stereocenters. The maximum atomic E-state index is 12.6. The third kappa shape index (κ3) is 5.55. The summed E-state index contributed by atoms with van der Waals surface area (Å²) in [7, 11) is -3.61. The highest BCUT2D eigenvalue weighted by atomic mass is 32.2. The van der Waals surface area contributed by atoms with Crippen molar-refractivity contribution >= 4 is 21.9 Å². The molecule has 1 saturated heterocycles. The van der Waals surface area contributed by atoms with Crippen LogP contribution < -0.4 is 5.32 Å². The van der Waals surface area contributed by atoms with Gasteiger partial charge in [0.1, 0.15) is 0 Å². The van der Waals surface area contributed by atoms with E-state index in [0.29, 0.717) is 32.2 Å². The van der Waals surface area contributed by atoms with Crippen LogP contribution in [0, 0.1) is 5.92 Å². The van der Waals surface area contributed by atoms with Gasteiger partial charge in [-0.25, -0.2) is 13.2 Å². The van der Waals surface area contributed by atoms with E-state index in [4.69, 9.17) is 9.47 Å². The number of hydrogen-bond acceptors (Lipinski definition) is 6. The minimum atomic E-state index is -3.61. The molecule has 1 heterocycles. The largest absolute Gasteiger partial charge is 0.452 e. The molecule has 0 spiro atoms. The number of amides is 1. The van der Waals surface area contributed by atoms with E-state index in [1.165, 1.54) is 35.0 Å². The van der Waals surface area contributed by atoms with Gasteiger partial charge in [0.2, 0.25) is 10.0 Å². The topological polar surface area (TPSA) is 102 Å². The van der Waals surface area contributed by atoms with Crippen molar-refractivity contribution in [3.05, 3.63) is 29.8 Å². The van der Waals surface area contributed by atoms with Crippen molar-refractivity contribution in [1.82, 2.24) is 9.62 Å². The molecule has 9 heteroatoms. The predicted molar refractivity (Wildman–Crippen MR) is 106 cm³/mol. The van der Waals surface area contributed by atoms with Crippen LogP contribution in [0.3, 0.4) is 0 Å². The molecule has 160 valence electrons. The van der Waals surface area contributed by atoms with E-state index in [1.54, 1.807) is 0 Å². The van der Waals surface area contributed by atoms with Crippen molar-refractivity contribution in [2.45, 2.75) is 43.5 Å². The predicted octanol–water partition coefficient (Wildman–Crippen LogP) is 1.56. The summed E-state index contributed by atoms with van der Waals surface area (Å²) in [5.41, 5.74) is 0.199. The summed E-state index contributed by atoms with van der Waals surface area (Å²) < 4.78 is 36.8. The van der Waals surface area contributed by atoms with Crippen LogP contribution in [0.5, 0.6) is 0 Å². The number of hydrogen-bond donors (Lipinski definition) is 1. The van der Waals surface area contributed by atoms with Crippen molar-refractivity contribution in [2.24, 2.45) is 5.92 Å². The van der Waals surface area contributed by atoms with Gasteiger partial charge in [0.25, 0.3) is 5.91 Å². The van der Waals surface area contributed by atoms with Gasteiger partial charge in [-0.3, -0.25) is 4.79 Å². The van der Waals surface area contributed by atoms with Gasteiger partial charge in [-0.05, 0) is 43.0 Å². The molecule has 0 bridgehead atoms. The Morgan fingerprint density at radius 3 is 2.45 bits per heavy atom. The lowest BCUT2D eigenvalue weighted by Gasteiger charge is -2.29. The zero-order valence-corrected chi connectivity index (χ0v) is 17.4. The quantitative estimate of drug-likeness (QED) is 0.696. The Bertz CT molecular complexity index is 818. The lowest BCUT2D eigenvalue weighted by Crippen LogP contribution is -2.42. The second-order valence-corrected chi connectivity index (χ2v) is 9.49. The Morgan fingerprint density at radius 1 is 1.14 bits per heavy atom. The fraction of sp³-hybridized carbons (Fsp3) is 0.600. The molecule has 3 rings (SSSR count). The van der Waals surface area contributed by atoms with Crippen LogP contribution in [0.4, 0.5) is 0 Å². The molecular formula is C20H28N2O6S. The van der Waals surface area contributed by atoms with E-state index >= 15 is 0 Å². The summed E-state index contributed by atoms with van der Waals surface area (Å²) in [5, 5.41) is 2.93. The highest BCUT2D eigenvalue weighted by molar-refractivity contribution is 7.89. The number of morpholine rings is 1. The van der Waals surface area contributed by atoms with Crippen LogP contribution in [0.2, 0.25) is 0 Å². The molecule has 1 amide bonds. The minimum absolute atomic E-state index is 0.111. The first-order valence-corrected chi connectivity index (χ1v) is 11.5. The standard InChI is InChI=1S/C20H28N2O6S/c1-15-4-2-3-5-18(15)21-19(23)14-28-20(24)16-6-8-17(9-7-16)29(25,26)22-10-12-27-13-11-22/h6-9,15,18H,2-5,10-14H2,1H3,(H,21,23)/t15-,18-/m1/s1. The minimum Gasteiger partial charge on any atom is -0.452 e. The molecule has 1 aliphatic heterocycles. The Kier molecular flexibility index (Phi) is 7.26. The lowest BCUT2D eigenvalue weighted by molar-refractivity contribution is -0.125. The molecule has 1 aromatic rings. The highest BCUT2D eigenvalue weighted by Gasteiger charge is 2.27. The van der Waals surface area contributed by atoms with Crippen LogP contribution in [-0.4, -0.2) is 63.6 Å². The average molecular weight is 425 g/mol. The van der Waals surface area contributed by atoms with Gasteiger partial charge in [0.05, 0.1) is 23.7 Å². The van der Waals surface area contributed by atoms with Crippen LogP contribution in [-0.2, 0) is 24.3 Å². The summed E-state index contributed by atoms with van der Waals surface area (Å²) in [6.45, 7) is 3.11. The molecule has 2 aliphatic rings. The Labute approximate surface area is 171 Å². The van der Waals surface area contributed by atoms with Crippen molar-refractivity contribution in [1.29, 1.82) is 0 Å². The molecule has 0 aromatic heterocycles. The summed E-state index contributed by atoms with van der Waals surface area (Å²) in [6.07, 6.45) is 4.30. The van der Waals surface area contributed by atoms with E-state index in [0.717, 1.165) is 19.3 Å². The molecule has 0 radical (unpaired) electrons.